The monoisotopic (exact) mass is 540 g/mol. The minimum atomic E-state index is -0.257. The molecular weight excluding hydrogens is 470 g/mol. The molecule has 0 spiro atoms. The van der Waals surface area contributed by atoms with E-state index in [9.17, 15) is 4.79 Å². The van der Waals surface area contributed by atoms with Gasteiger partial charge in [-0.1, -0.05) is 186 Å². The lowest BCUT2D eigenvalue weighted by Crippen LogP contribution is -2.17. The van der Waals surface area contributed by atoms with Gasteiger partial charge in [0.25, 0.3) is 0 Å². The van der Waals surface area contributed by atoms with Crippen LogP contribution >= 0.6 is 0 Å². The third kappa shape index (κ3) is 33.4. The highest BCUT2D eigenvalue weighted by molar-refractivity contribution is 5.74. The molecule has 0 saturated heterocycles. The molecule has 0 aliphatic rings. The van der Waals surface area contributed by atoms with Gasteiger partial charge in [-0.3, -0.25) is 10.0 Å². The Balaban J connectivity index is 3.03. The Labute approximate surface area is 238 Å². The van der Waals surface area contributed by atoms with Gasteiger partial charge >= 0.3 is 0 Å². The summed E-state index contributed by atoms with van der Waals surface area (Å²) in [6.45, 7) is 0.366. The van der Waals surface area contributed by atoms with Crippen LogP contribution in [0, 0.1) is 0 Å². The molecule has 0 heterocycles. The quantitative estimate of drug-likeness (QED) is 0.0441. The lowest BCUT2D eigenvalue weighted by atomic mass is 10.0. The summed E-state index contributed by atoms with van der Waals surface area (Å²) in [7, 11) is 0. The van der Waals surface area contributed by atoms with Gasteiger partial charge in [0.1, 0.15) is 0 Å². The molecule has 0 radical (unpaired) electrons. The van der Waals surface area contributed by atoms with Gasteiger partial charge in [0.2, 0.25) is 5.91 Å². The van der Waals surface area contributed by atoms with Crippen LogP contribution in [0.2, 0.25) is 0 Å². The third-order valence-electron chi connectivity index (χ3n) is 8.19. The summed E-state index contributed by atoms with van der Waals surface area (Å²) in [6.07, 6.45) is 42.7. The number of nitrogens with one attached hydrogen (secondary N) is 1. The number of unbranched alkanes of at least 4 members (excludes halogenated alkanes) is 30. The molecular formula is C34H69NO3. The Morgan fingerprint density at radius 2 is 0.526 bits per heavy atom. The molecule has 228 valence electrons. The van der Waals surface area contributed by atoms with Gasteiger partial charge in [-0.2, -0.15) is 0 Å². The lowest BCUT2D eigenvalue weighted by Gasteiger charge is -2.05. The molecule has 0 aromatic carbocycles. The second kappa shape index (κ2) is 34.4. The number of hydrogen-bond acceptors (Lipinski definition) is 3. The molecule has 0 aromatic heterocycles. The van der Waals surface area contributed by atoms with Crippen molar-refractivity contribution in [3.8, 4) is 0 Å². The number of aliphatic hydroxyl groups excluding tert-OH is 1. The van der Waals surface area contributed by atoms with Gasteiger partial charge in [0.15, 0.2) is 0 Å². The minimum absolute atomic E-state index is 0.257. The molecule has 0 aromatic rings. The highest BCUT2D eigenvalue weighted by atomic mass is 16.5. The first-order valence-corrected chi connectivity index (χ1v) is 17.3. The summed E-state index contributed by atoms with van der Waals surface area (Å²) in [5.74, 6) is -0.257. The van der Waals surface area contributed by atoms with E-state index in [0.717, 1.165) is 19.3 Å². The summed E-state index contributed by atoms with van der Waals surface area (Å²) in [5, 5.41) is 17.2. The summed E-state index contributed by atoms with van der Waals surface area (Å²) in [5.41, 5.74) is 1.70. The zero-order valence-electron chi connectivity index (χ0n) is 25.6. The molecule has 0 atom stereocenters. The van der Waals surface area contributed by atoms with E-state index in [1.165, 1.54) is 180 Å². The molecule has 0 rings (SSSR count). The van der Waals surface area contributed by atoms with Gasteiger partial charge in [0, 0.05) is 13.0 Å². The van der Waals surface area contributed by atoms with Crippen LogP contribution in [-0.2, 0) is 4.79 Å². The van der Waals surface area contributed by atoms with Crippen molar-refractivity contribution in [2.45, 2.75) is 205 Å². The molecule has 38 heavy (non-hydrogen) atoms. The topological polar surface area (TPSA) is 69.6 Å². The predicted octanol–water partition coefficient (Wildman–Crippen LogP) is 11.0. The first kappa shape index (κ1) is 37.4. The maximum atomic E-state index is 10.9. The minimum Gasteiger partial charge on any atom is -0.396 e. The zero-order chi connectivity index (χ0) is 27.6. The first-order chi connectivity index (χ1) is 18.8. The molecule has 0 unspecified atom stereocenters. The van der Waals surface area contributed by atoms with Crippen molar-refractivity contribution in [2.75, 3.05) is 6.61 Å². The van der Waals surface area contributed by atoms with Gasteiger partial charge in [-0.15, -0.1) is 0 Å². The average molecular weight is 540 g/mol. The van der Waals surface area contributed by atoms with Gasteiger partial charge in [-0.05, 0) is 12.8 Å². The van der Waals surface area contributed by atoms with Crippen molar-refractivity contribution >= 4 is 5.91 Å². The maximum absolute atomic E-state index is 10.9. The number of aliphatic hydroxyl groups is 1. The Bertz CT molecular complexity index is 443. The van der Waals surface area contributed by atoms with Crippen LogP contribution in [0.25, 0.3) is 0 Å². The lowest BCUT2D eigenvalue weighted by molar-refractivity contribution is -0.129. The Kier molecular flexibility index (Phi) is 33.9. The number of carbonyl (C=O) groups excluding carboxylic acids is 1. The van der Waals surface area contributed by atoms with E-state index in [0.29, 0.717) is 13.0 Å². The number of rotatable bonds is 33. The van der Waals surface area contributed by atoms with Crippen molar-refractivity contribution in [1.82, 2.24) is 5.48 Å². The van der Waals surface area contributed by atoms with Crippen LogP contribution < -0.4 is 5.48 Å². The van der Waals surface area contributed by atoms with Crippen molar-refractivity contribution in [3.05, 3.63) is 0 Å². The smallest absolute Gasteiger partial charge is 0.243 e. The van der Waals surface area contributed by atoms with Gasteiger partial charge in [-0.25, -0.2) is 5.48 Å². The van der Waals surface area contributed by atoms with Gasteiger partial charge < -0.3 is 5.11 Å². The molecule has 0 aliphatic carbocycles. The van der Waals surface area contributed by atoms with Crippen molar-refractivity contribution < 1.29 is 15.1 Å². The largest absolute Gasteiger partial charge is 0.396 e. The molecule has 0 bridgehead atoms. The first-order valence-electron chi connectivity index (χ1n) is 17.3. The highest BCUT2D eigenvalue weighted by Crippen LogP contribution is 2.16. The highest BCUT2D eigenvalue weighted by Gasteiger charge is 1.99. The normalized spacial score (nSPS) is 11.3. The predicted molar refractivity (Wildman–Crippen MR) is 165 cm³/mol. The average Bonchev–Trinajstić information content (AvgIpc) is 2.93. The Hall–Kier alpha value is -0.610. The van der Waals surface area contributed by atoms with E-state index in [1.54, 1.807) is 5.48 Å². The van der Waals surface area contributed by atoms with Gasteiger partial charge in [0.05, 0.1) is 0 Å². The standard InChI is InChI=1S/C34H69NO3/c36-33-31-29-27-25-23-21-19-17-15-13-11-9-7-5-3-1-2-4-6-8-10-12-14-16-18-20-22-24-26-28-30-32-34(37)35-38/h36,38H,1-33H2,(H,35,37). The molecule has 1 amide bonds. The second-order valence-corrected chi connectivity index (χ2v) is 12.0. The summed E-state index contributed by atoms with van der Waals surface area (Å²) < 4.78 is 0. The van der Waals surface area contributed by atoms with Crippen LogP contribution in [0.5, 0.6) is 0 Å². The van der Waals surface area contributed by atoms with E-state index < -0.39 is 0 Å². The van der Waals surface area contributed by atoms with E-state index >= 15 is 0 Å². The van der Waals surface area contributed by atoms with E-state index in [-0.39, 0.29) is 5.91 Å². The maximum Gasteiger partial charge on any atom is 0.243 e. The molecule has 4 heteroatoms. The molecule has 0 aliphatic heterocycles. The summed E-state index contributed by atoms with van der Waals surface area (Å²) in [4.78, 5) is 10.9. The van der Waals surface area contributed by atoms with Crippen LogP contribution in [-0.4, -0.2) is 22.8 Å². The Morgan fingerprint density at radius 1 is 0.342 bits per heavy atom. The SMILES string of the molecule is O=C(CCCCCCCCCCCCCCCCCCCCCCCCCCCCCCCCCO)NO. The number of hydrogen-bond donors (Lipinski definition) is 3. The number of amides is 1. The van der Waals surface area contributed by atoms with E-state index in [1.807, 2.05) is 0 Å². The number of hydroxylamine groups is 1. The summed E-state index contributed by atoms with van der Waals surface area (Å²) in [6, 6.07) is 0. The molecule has 0 fully saturated rings. The fourth-order valence-electron chi connectivity index (χ4n) is 5.58. The third-order valence-corrected chi connectivity index (χ3v) is 8.19. The molecule has 0 saturated carbocycles. The molecule has 3 N–H and O–H groups in total. The van der Waals surface area contributed by atoms with E-state index in [4.69, 9.17) is 10.3 Å². The van der Waals surface area contributed by atoms with Crippen molar-refractivity contribution in [2.24, 2.45) is 0 Å². The van der Waals surface area contributed by atoms with Crippen molar-refractivity contribution in [1.29, 1.82) is 0 Å². The van der Waals surface area contributed by atoms with Crippen molar-refractivity contribution in [3.63, 3.8) is 0 Å². The summed E-state index contributed by atoms with van der Waals surface area (Å²) >= 11 is 0. The van der Waals surface area contributed by atoms with Crippen LogP contribution in [0.1, 0.15) is 205 Å². The number of carbonyl (C=O) groups is 1. The van der Waals surface area contributed by atoms with Crippen LogP contribution in [0.4, 0.5) is 0 Å². The molecule has 4 nitrogen and oxygen atoms in total. The Morgan fingerprint density at radius 3 is 0.711 bits per heavy atom. The second-order valence-electron chi connectivity index (χ2n) is 12.0. The van der Waals surface area contributed by atoms with Crippen LogP contribution in [0.3, 0.4) is 0 Å². The fraction of sp³-hybridized carbons (Fsp3) is 0.971. The van der Waals surface area contributed by atoms with Crippen LogP contribution in [0.15, 0.2) is 0 Å². The zero-order valence-corrected chi connectivity index (χ0v) is 25.6. The van der Waals surface area contributed by atoms with E-state index in [2.05, 4.69) is 0 Å². The fourth-order valence-corrected chi connectivity index (χ4v) is 5.58.